The first kappa shape index (κ1) is 12.4. The predicted molar refractivity (Wildman–Crippen MR) is 70.1 cm³/mol. The van der Waals surface area contributed by atoms with E-state index in [1.807, 2.05) is 12.1 Å². The summed E-state index contributed by atoms with van der Waals surface area (Å²) in [7, 11) is 0. The average molecular weight is 243 g/mol. The zero-order chi connectivity index (χ0) is 12.8. The van der Waals surface area contributed by atoms with Gasteiger partial charge in [-0.05, 0) is 30.5 Å². The van der Waals surface area contributed by atoms with Crippen LogP contribution in [0.3, 0.4) is 0 Å². The van der Waals surface area contributed by atoms with Gasteiger partial charge in [-0.2, -0.15) is 5.10 Å². The summed E-state index contributed by atoms with van der Waals surface area (Å²) in [5, 5.41) is 11.5. The second-order valence-corrected chi connectivity index (χ2v) is 3.94. The molecule has 0 aliphatic heterocycles. The van der Waals surface area contributed by atoms with Gasteiger partial charge in [-0.15, -0.1) is 5.10 Å². The van der Waals surface area contributed by atoms with Crippen LogP contribution in [0.4, 0.5) is 5.95 Å². The molecule has 0 bridgehead atoms. The molecule has 0 atom stereocenters. The van der Waals surface area contributed by atoms with Gasteiger partial charge in [-0.3, -0.25) is 4.98 Å². The van der Waals surface area contributed by atoms with Crippen LogP contribution >= 0.6 is 0 Å². The highest BCUT2D eigenvalue weighted by molar-refractivity contribution is 5.27. The molecule has 0 saturated heterocycles. The number of hydrogen-bond donors (Lipinski definition) is 1. The Hall–Kier alpha value is -2.04. The normalized spacial score (nSPS) is 10.3. The van der Waals surface area contributed by atoms with Crippen molar-refractivity contribution >= 4 is 5.95 Å². The van der Waals surface area contributed by atoms with Crippen LogP contribution in [0.25, 0.3) is 0 Å². The van der Waals surface area contributed by atoms with Gasteiger partial charge in [0.2, 0.25) is 5.95 Å². The Kier molecular flexibility index (Phi) is 4.17. The molecule has 2 aromatic rings. The zero-order valence-electron chi connectivity index (χ0n) is 10.7. The minimum Gasteiger partial charge on any atom is -0.349 e. The number of nitrogens with one attached hydrogen (secondary N) is 1. The van der Waals surface area contributed by atoms with Crippen molar-refractivity contribution in [2.45, 2.75) is 33.2 Å². The fourth-order valence-corrected chi connectivity index (χ4v) is 1.69. The Morgan fingerprint density at radius 1 is 1.00 bits per heavy atom. The number of rotatable bonds is 5. The van der Waals surface area contributed by atoms with E-state index in [0.717, 1.165) is 29.8 Å². The number of nitrogens with zero attached hydrogens (tertiary/aromatic N) is 4. The Morgan fingerprint density at radius 2 is 1.72 bits per heavy atom. The lowest BCUT2D eigenvalue weighted by Gasteiger charge is -2.07. The summed E-state index contributed by atoms with van der Waals surface area (Å²) >= 11 is 0. The van der Waals surface area contributed by atoms with Gasteiger partial charge < -0.3 is 5.32 Å². The van der Waals surface area contributed by atoms with Crippen LogP contribution in [0.15, 0.2) is 24.5 Å². The molecule has 0 aliphatic carbocycles. The molecule has 0 unspecified atom stereocenters. The molecule has 0 fully saturated rings. The minimum atomic E-state index is 0.584. The number of aromatic nitrogens is 4. The molecule has 0 aromatic carbocycles. The number of aryl methyl sites for hydroxylation is 2. The molecule has 1 N–H and O–H groups in total. The Balaban J connectivity index is 2.06. The summed E-state index contributed by atoms with van der Waals surface area (Å²) < 4.78 is 0. The monoisotopic (exact) mass is 243 g/mol. The van der Waals surface area contributed by atoms with E-state index in [1.54, 1.807) is 12.4 Å². The number of hydrogen-bond acceptors (Lipinski definition) is 5. The van der Waals surface area contributed by atoms with Gasteiger partial charge in [0.05, 0.1) is 11.4 Å². The van der Waals surface area contributed by atoms with E-state index < -0.39 is 0 Å². The first-order chi connectivity index (χ1) is 8.83. The van der Waals surface area contributed by atoms with Gasteiger partial charge >= 0.3 is 0 Å². The molecular formula is C13H17N5. The lowest BCUT2D eigenvalue weighted by atomic mass is 10.2. The Labute approximate surface area is 107 Å². The average Bonchev–Trinajstić information content (AvgIpc) is 2.45. The second kappa shape index (κ2) is 6.05. The summed E-state index contributed by atoms with van der Waals surface area (Å²) in [5.41, 5.74) is 3.14. The van der Waals surface area contributed by atoms with Crippen LogP contribution in [0.1, 0.15) is 30.8 Å². The van der Waals surface area contributed by atoms with Crippen molar-refractivity contribution in [2.24, 2.45) is 0 Å². The quantitative estimate of drug-likeness (QED) is 0.870. The largest absolute Gasteiger partial charge is 0.349 e. The highest BCUT2D eigenvalue weighted by atomic mass is 15.2. The van der Waals surface area contributed by atoms with E-state index in [2.05, 4.69) is 39.3 Å². The molecule has 2 heterocycles. The zero-order valence-corrected chi connectivity index (χ0v) is 10.7. The van der Waals surface area contributed by atoms with Crippen LogP contribution in [0, 0.1) is 0 Å². The van der Waals surface area contributed by atoms with Crippen molar-refractivity contribution in [2.75, 3.05) is 5.32 Å². The number of anilines is 1. The lowest BCUT2D eigenvalue weighted by Crippen LogP contribution is -2.09. The lowest BCUT2D eigenvalue weighted by molar-refractivity contribution is 0.819. The Morgan fingerprint density at radius 3 is 2.39 bits per heavy atom. The third-order valence-corrected chi connectivity index (χ3v) is 2.71. The van der Waals surface area contributed by atoms with Crippen molar-refractivity contribution in [3.8, 4) is 0 Å². The third-order valence-electron chi connectivity index (χ3n) is 2.71. The number of pyridine rings is 1. The summed E-state index contributed by atoms with van der Waals surface area (Å²) in [6.45, 7) is 4.82. The first-order valence-electron chi connectivity index (χ1n) is 6.18. The van der Waals surface area contributed by atoms with Crippen molar-refractivity contribution in [1.82, 2.24) is 20.2 Å². The van der Waals surface area contributed by atoms with Gasteiger partial charge in [0, 0.05) is 18.9 Å². The standard InChI is InChI=1S/C13H17N5/c1-3-11-12(4-2)17-18-13(16-11)15-9-10-5-7-14-8-6-10/h5-8H,3-4,9H2,1-2H3,(H,15,16,18). The van der Waals surface area contributed by atoms with E-state index in [9.17, 15) is 0 Å². The van der Waals surface area contributed by atoms with E-state index in [4.69, 9.17) is 0 Å². The van der Waals surface area contributed by atoms with Crippen molar-refractivity contribution in [1.29, 1.82) is 0 Å². The molecule has 5 heteroatoms. The highest BCUT2D eigenvalue weighted by Gasteiger charge is 2.05. The molecule has 0 aliphatic rings. The molecule has 18 heavy (non-hydrogen) atoms. The fraction of sp³-hybridized carbons (Fsp3) is 0.385. The molecule has 94 valence electrons. The van der Waals surface area contributed by atoms with E-state index in [-0.39, 0.29) is 0 Å². The molecule has 5 nitrogen and oxygen atoms in total. The van der Waals surface area contributed by atoms with Crippen LogP contribution in [0.5, 0.6) is 0 Å². The van der Waals surface area contributed by atoms with Crippen LogP contribution in [0.2, 0.25) is 0 Å². The first-order valence-corrected chi connectivity index (χ1v) is 6.18. The molecule has 2 aromatic heterocycles. The topological polar surface area (TPSA) is 63.6 Å². The smallest absolute Gasteiger partial charge is 0.243 e. The summed E-state index contributed by atoms with van der Waals surface area (Å²) in [6, 6.07) is 3.92. The van der Waals surface area contributed by atoms with Gasteiger partial charge in [0.25, 0.3) is 0 Å². The molecular weight excluding hydrogens is 226 g/mol. The maximum Gasteiger partial charge on any atom is 0.243 e. The third kappa shape index (κ3) is 3.00. The molecule has 0 amide bonds. The maximum atomic E-state index is 4.48. The van der Waals surface area contributed by atoms with Crippen molar-refractivity contribution in [3.05, 3.63) is 41.5 Å². The van der Waals surface area contributed by atoms with Crippen molar-refractivity contribution in [3.63, 3.8) is 0 Å². The minimum absolute atomic E-state index is 0.584. The summed E-state index contributed by atoms with van der Waals surface area (Å²) in [5.74, 6) is 0.584. The molecule has 0 saturated carbocycles. The molecule has 0 spiro atoms. The van der Waals surface area contributed by atoms with Gasteiger partial charge in [-0.1, -0.05) is 13.8 Å². The van der Waals surface area contributed by atoms with Crippen LogP contribution in [-0.4, -0.2) is 20.2 Å². The molecule has 2 rings (SSSR count). The fourth-order valence-electron chi connectivity index (χ4n) is 1.69. The summed E-state index contributed by atoms with van der Waals surface area (Å²) in [4.78, 5) is 8.46. The van der Waals surface area contributed by atoms with E-state index >= 15 is 0 Å². The SMILES string of the molecule is CCc1nnc(NCc2ccncc2)nc1CC. The van der Waals surface area contributed by atoms with Crippen LogP contribution in [-0.2, 0) is 19.4 Å². The van der Waals surface area contributed by atoms with Crippen molar-refractivity contribution < 1.29 is 0 Å². The van der Waals surface area contributed by atoms with Crippen LogP contribution < -0.4 is 5.32 Å². The van der Waals surface area contributed by atoms with E-state index in [1.165, 1.54) is 0 Å². The van der Waals surface area contributed by atoms with Gasteiger partial charge in [0.1, 0.15) is 0 Å². The Bertz CT molecular complexity index is 498. The van der Waals surface area contributed by atoms with E-state index in [0.29, 0.717) is 12.5 Å². The van der Waals surface area contributed by atoms with Gasteiger partial charge in [-0.25, -0.2) is 4.98 Å². The molecule has 0 radical (unpaired) electrons. The summed E-state index contributed by atoms with van der Waals surface area (Å²) in [6.07, 6.45) is 5.29. The second-order valence-electron chi connectivity index (χ2n) is 3.94. The highest BCUT2D eigenvalue weighted by Crippen LogP contribution is 2.07. The predicted octanol–water partition coefficient (Wildman–Crippen LogP) is 2.00. The van der Waals surface area contributed by atoms with Gasteiger partial charge in [0.15, 0.2) is 0 Å². The maximum absolute atomic E-state index is 4.48.